The Labute approximate surface area is 126 Å². The number of nitrogens with zero attached hydrogens (tertiary/aromatic N) is 2. The maximum Gasteiger partial charge on any atom is 0.310 e. The van der Waals surface area contributed by atoms with Crippen LogP contribution in [0.2, 0.25) is 5.02 Å². The van der Waals surface area contributed by atoms with E-state index in [4.69, 9.17) is 11.6 Å². The minimum atomic E-state index is -9.71. The van der Waals surface area contributed by atoms with E-state index in [2.05, 4.69) is 9.98 Å². The second-order valence-electron chi connectivity index (χ2n) is 4.80. The van der Waals surface area contributed by atoms with Crippen molar-refractivity contribution in [1.82, 2.24) is 0 Å². The van der Waals surface area contributed by atoms with Crippen molar-refractivity contribution >= 4 is 21.8 Å². The van der Waals surface area contributed by atoms with E-state index in [0.29, 0.717) is 22.7 Å². The zero-order chi connectivity index (χ0) is 16.2. The Hall–Kier alpha value is -1.67. The molecular weight excluding hydrogens is 347 g/mol. The fraction of sp³-hybridized carbons (Fsp3) is 0.0769. The number of fused-ring (bicyclic) bond motifs is 1. The molecule has 0 spiro atoms. The standard InChI is InChI=1S/C13H8ClF5N2S/c14-9-3-1-8(2-4-9)13-20-11-6-5-10(7-12(11)21-13)22(15,16,17,18)19/h1-7,13H/t13-/m1/s1. The lowest BCUT2D eigenvalue weighted by Crippen LogP contribution is -2.23. The second-order valence-corrected chi connectivity index (χ2v) is 7.65. The molecule has 2 nitrogen and oxygen atoms in total. The summed E-state index contributed by atoms with van der Waals surface area (Å²) in [4.78, 5) is 6.11. The van der Waals surface area contributed by atoms with Crippen molar-refractivity contribution in [3.63, 3.8) is 0 Å². The van der Waals surface area contributed by atoms with Gasteiger partial charge in [0.1, 0.15) is 4.90 Å². The topological polar surface area (TPSA) is 24.7 Å². The summed E-state index contributed by atoms with van der Waals surface area (Å²) in [5.41, 5.74) is 0.606. The molecule has 22 heavy (non-hydrogen) atoms. The summed E-state index contributed by atoms with van der Waals surface area (Å²) >= 11 is 5.74. The van der Waals surface area contributed by atoms with E-state index in [0.717, 1.165) is 6.07 Å². The average molecular weight is 355 g/mol. The Balaban J connectivity index is 2.09. The molecule has 2 aromatic rings. The van der Waals surface area contributed by atoms with Gasteiger partial charge in [0.2, 0.25) is 0 Å². The zero-order valence-electron chi connectivity index (χ0n) is 10.7. The fourth-order valence-electron chi connectivity index (χ4n) is 2.03. The van der Waals surface area contributed by atoms with E-state index in [1.165, 1.54) is 0 Å². The Kier molecular flexibility index (Phi) is 2.77. The Morgan fingerprint density at radius 2 is 1.41 bits per heavy atom. The van der Waals surface area contributed by atoms with Crippen LogP contribution in [0.4, 0.5) is 19.4 Å². The van der Waals surface area contributed by atoms with Crippen LogP contribution in [0.15, 0.2) is 57.3 Å². The molecule has 0 aromatic heterocycles. The summed E-state index contributed by atoms with van der Waals surface area (Å²) in [5.74, 6) is 0. The van der Waals surface area contributed by atoms with Crippen LogP contribution in [0, 0.1) is 0 Å². The molecule has 1 heterocycles. The second kappa shape index (κ2) is 3.99. The smallest absolute Gasteiger partial charge is 0.252 e. The summed E-state index contributed by atoms with van der Waals surface area (Å²) in [6, 6.07) is 8.01. The number of halogens is 6. The third kappa shape index (κ3) is 2.93. The molecule has 0 bridgehead atoms. The van der Waals surface area contributed by atoms with Gasteiger partial charge in [-0.15, -0.1) is 0 Å². The van der Waals surface area contributed by atoms with Crippen LogP contribution < -0.4 is 10.7 Å². The number of hydrogen-bond donors (Lipinski definition) is 0. The van der Waals surface area contributed by atoms with Gasteiger partial charge in [-0.3, -0.25) is 9.98 Å². The van der Waals surface area contributed by atoms with Crippen LogP contribution in [0.3, 0.4) is 0 Å². The molecule has 0 N–H and O–H groups in total. The third-order valence-electron chi connectivity index (χ3n) is 3.08. The van der Waals surface area contributed by atoms with E-state index >= 15 is 0 Å². The molecule has 0 amide bonds. The Morgan fingerprint density at radius 3 is 2.00 bits per heavy atom. The summed E-state index contributed by atoms with van der Waals surface area (Å²) in [6.45, 7) is 0. The van der Waals surface area contributed by atoms with Gasteiger partial charge in [0.25, 0.3) is 0 Å². The van der Waals surface area contributed by atoms with Crippen molar-refractivity contribution in [2.24, 2.45) is 9.98 Å². The van der Waals surface area contributed by atoms with Crippen molar-refractivity contribution in [2.75, 3.05) is 0 Å². The lowest BCUT2D eigenvalue weighted by atomic mass is 10.2. The number of rotatable bonds is 2. The number of benzene rings is 2. The van der Waals surface area contributed by atoms with Gasteiger partial charge in [0.15, 0.2) is 6.17 Å². The molecule has 0 radical (unpaired) electrons. The largest absolute Gasteiger partial charge is 0.310 e. The first-order valence-corrected chi connectivity index (χ1v) is 8.31. The molecule has 1 atom stereocenters. The van der Waals surface area contributed by atoms with Gasteiger partial charge < -0.3 is 0 Å². The Bertz CT molecular complexity index is 878. The molecule has 118 valence electrons. The first-order valence-electron chi connectivity index (χ1n) is 5.98. The monoisotopic (exact) mass is 354 g/mol. The molecule has 0 unspecified atom stereocenters. The van der Waals surface area contributed by atoms with Crippen molar-refractivity contribution < 1.29 is 19.4 Å². The fourth-order valence-corrected chi connectivity index (χ4v) is 2.82. The average Bonchev–Trinajstić information content (AvgIpc) is 2.79. The van der Waals surface area contributed by atoms with Gasteiger partial charge in [0, 0.05) is 5.02 Å². The quantitative estimate of drug-likeness (QED) is 0.682. The molecule has 9 heteroatoms. The van der Waals surface area contributed by atoms with Gasteiger partial charge in [-0.25, -0.2) is 0 Å². The van der Waals surface area contributed by atoms with Crippen molar-refractivity contribution in [1.29, 1.82) is 0 Å². The van der Waals surface area contributed by atoms with Gasteiger partial charge in [0.05, 0.1) is 10.7 Å². The normalized spacial score (nSPS) is 20.4. The third-order valence-corrected chi connectivity index (χ3v) is 4.48. The van der Waals surface area contributed by atoms with Crippen molar-refractivity contribution in [3.8, 4) is 0 Å². The van der Waals surface area contributed by atoms with Gasteiger partial charge >= 0.3 is 10.2 Å². The summed E-state index contributed by atoms with van der Waals surface area (Å²) in [7, 11) is -9.71. The van der Waals surface area contributed by atoms with Crippen LogP contribution >= 0.6 is 21.8 Å². The highest BCUT2D eigenvalue weighted by Crippen LogP contribution is 3.01. The summed E-state index contributed by atoms with van der Waals surface area (Å²) < 4.78 is 64.0. The molecular formula is C13H8ClF5N2S. The highest BCUT2D eigenvalue weighted by Gasteiger charge is 2.65. The van der Waals surface area contributed by atoms with Crippen LogP contribution in [-0.4, -0.2) is 0 Å². The van der Waals surface area contributed by atoms with E-state index < -0.39 is 21.3 Å². The van der Waals surface area contributed by atoms with Crippen LogP contribution in [-0.2, 0) is 0 Å². The van der Waals surface area contributed by atoms with E-state index in [1.54, 1.807) is 24.3 Å². The van der Waals surface area contributed by atoms with Crippen LogP contribution in [0.5, 0.6) is 0 Å². The molecule has 1 aliphatic heterocycles. The van der Waals surface area contributed by atoms with Gasteiger partial charge in [-0.1, -0.05) is 43.2 Å². The minimum Gasteiger partial charge on any atom is -0.252 e. The molecule has 0 saturated heterocycles. The van der Waals surface area contributed by atoms with Gasteiger partial charge in [-0.05, 0) is 35.9 Å². The lowest BCUT2D eigenvalue weighted by molar-refractivity contribution is 0.364. The van der Waals surface area contributed by atoms with Crippen LogP contribution in [0.25, 0.3) is 0 Å². The minimum absolute atomic E-state index is 0.144. The van der Waals surface area contributed by atoms with E-state index in [9.17, 15) is 19.4 Å². The molecule has 3 rings (SSSR count). The molecule has 1 aliphatic rings. The highest BCUT2D eigenvalue weighted by molar-refractivity contribution is 8.45. The lowest BCUT2D eigenvalue weighted by Gasteiger charge is -2.40. The number of hydrogen-bond acceptors (Lipinski definition) is 2. The first kappa shape index (κ1) is 15.2. The zero-order valence-corrected chi connectivity index (χ0v) is 12.3. The summed E-state index contributed by atoms with van der Waals surface area (Å²) in [5, 5.41) is 0.429. The molecule has 0 aliphatic carbocycles. The predicted molar refractivity (Wildman–Crippen MR) is 74.3 cm³/mol. The van der Waals surface area contributed by atoms with Crippen molar-refractivity contribution in [3.05, 3.63) is 63.8 Å². The molecule has 0 fully saturated rings. The van der Waals surface area contributed by atoms with Crippen molar-refractivity contribution in [2.45, 2.75) is 11.1 Å². The highest BCUT2D eigenvalue weighted by atomic mass is 35.5. The summed E-state index contributed by atoms with van der Waals surface area (Å²) in [6.07, 6.45) is -0.763. The first-order chi connectivity index (χ1) is 9.92. The SMILES string of the molecule is FS(F)(F)(F)(F)c1ccc2c(c1)=N[C@H](c1ccc(Cl)cc1)N=2. The predicted octanol–water partition coefficient (Wildman–Crippen LogP) is 4.95. The maximum absolute atomic E-state index is 12.8. The molecule has 2 aromatic carbocycles. The van der Waals surface area contributed by atoms with Crippen LogP contribution in [0.1, 0.15) is 11.7 Å². The van der Waals surface area contributed by atoms with Gasteiger partial charge in [-0.2, -0.15) is 0 Å². The van der Waals surface area contributed by atoms with E-state index in [1.807, 2.05) is 0 Å². The Morgan fingerprint density at radius 1 is 0.818 bits per heavy atom. The van der Waals surface area contributed by atoms with E-state index in [-0.39, 0.29) is 10.7 Å². The maximum atomic E-state index is 12.8. The molecule has 0 saturated carbocycles.